The average Bonchev–Trinajstić information content (AvgIpc) is 2.39. The van der Waals surface area contributed by atoms with Crippen LogP contribution in [-0.2, 0) is 11.4 Å². The van der Waals surface area contributed by atoms with E-state index in [4.69, 9.17) is 9.84 Å². The zero-order chi connectivity index (χ0) is 13.5. The number of ether oxygens (including phenoxy) is 1. The first-order chi connectivity index (χ1) is 8.56. The standard InChI is InChI=1S/C14H21NO3/c1-4-10(2)15-14(17)11(3)18-13-7-5-12(9-16)6-8-13/h5-8,10-11,16H,4,9H2,1-3H3,(H,15,17). The third-order valence-corrected chi connectivity index (χ3v) is 2.79. The summed E-state index contributed by atoms with van der Waals surface area (Å²) in [4.78, 5) is 11.8. The maximum atomic E-state index is 11.8. The Hall–Kier alpha value is -1.55. The molecular weight excluding hydrogens is 230 g/mol. The van der Waals surface area contributed by atoms with Crippen molar-refractivity contribution in [2.45, 2.75) is 45.9 Å². The van der Waals surface area contributed by atoms with E-state index < -0.39 is 6.10 Å². The number of rotatable bonds is 6. The van der Waals surface area contributed by atoms with Gasteiger partial charge in [-0.05, 0) is 38.0 Å². The summed E-state index contributed by atoms with van der Waals surface area (Å²) in [7, 11) is 0. The fourth-order valence-corrected chi connectivity index (χ4v) is 1.39. The molecule has 0 fully saturated rings. The molecule has 0 radical (unpaired) electrons. The lowest BCUT2D eigenvalue weighted by Gasteiger charge is -2.17. The van der Waals surface area contributed by atoms with Crippen LogP contribution in [0.1, 0.15) is 32.8 Å². The number of benzene rings is 1. The molecule has 4 nitrogen and oxygen atoms in total. The molecule has 0 saturated carbocycles. The SMILES string of the molecule is CCC(C)NC(=O)C(C)Oc1ccc(CO)cc1. The minimum absolute atomic E-state index is 0.00430. The number of hydrogen-bond acceptors (Lipinski definition) is 3. The van der Waals surface area contributed by atoms with Crippen molar-refractivity contribution >= 4 is 5.91 Å². The van der Waals surface area contributed by atoms with Gasteiger partial charge in [0.15, 0.2) is 6.10 Å². The fourth-order valence-electron chi connectivity index (χ4n) is 1.39. The van der Waals surface area contributed by atoms with Crippen LogP contribution in [0.5, 0.6) is 5.75 Å². The first kappa shape index (κ1) is 14.5. The predicted molar refractivity (Wildman–Crippen MR) is 70.4 cm³/mol. The van der Waals surface area contributed by atoms with E-state index in [0.29, 0.717) is 5.75 Å². The Morgan fingerprint density at radius 3 is 2.44 bits per heavy atom. The van der Waals surface area contributed by atoms with E-state index in [1.54, 1.807) is 31.2 Å². The summed E-state index contributed by atoms with van der Waals surface area (Å²) in [5.41, 5.74) is 0.819. The number of aliphatic hydroxyl groups is 1. The summed E-state index contributed by atoms with van der Waals surface area (Å²) in [6, 6.07) is 7.20. The van der Waals surface area contributed by atoms with Crippen LogP contribution in [-0.4, -0.2) is 23.2 Å². The summed E-state index contributed by atoms with van der Waals surface area (Å²) in [5, 5.41) is 11.8. The highest BCUT2D eigenvalue weighted by molar-refractivity contribution is 5.80. The molecule has 4 heteroatoms. The summed E-state index contributed by atoms with van der Waals surface area (Å²) >= 11 is 0. The number of amides is 1. The second-order valence-corrected chi connectivity index (χ2v) is 4.38. The normalized spacial score (nSPS) is 13.8. The number of nitrogens with one attached hydrogen (secondary N) is 1. The largest absolute Gasteiger partial charge is 0.481 e. The number of aliphatic hydroxyl groups excluding tert-OH is 1. The molecule has 100 valence electrons. The molecule has 0 bridgehead atoms. The van der Waals surface area contributed by atoms with Gasteiger partial charge in [0.25, 0.3) is 5.91 Å². The zero-order valence-corrected chi connectivity index (χ0v) is 11.1. The van der Waals surface area contributed by atoms with E-state index in [0.717, 1.165) is 12.0 Å². The van der Waals surface area contributed by atoms with Crippen LogP contribution in [0.3, 0.4) is 0 Å². The Morgan fingerprint density at radius 2 is 1.94 bits per heavy atom. The monoisotopic (exact) mass is 251 g/mol. The summed E-state index contributed by atoms with van der Waals surface area (Å²) < 4.78 is 5.53. The number of carbonyl (C=O) groups is 1. The Labute approximate surface area is 108 Å². The molecule has 0 aromatic heterocycles. The molecule has 0 spiro atoms. The molecule has 2 N–H and O–H groups in total. The molecule has 0 saturated heterocycles. The molecule has 1 rings (SSSR count). The van der Waals surface area contributed by atoms with Crippen molar-refractivity contribution in [3.63, 3.8) is 0 Å². The van der Waals surface area contributed by atoms with Crippen LogP contribution in [0, 0.1) is 0 Å². The van der Waals surface area contributed by atoms with Crippen LogP contribution in [0.25, 0.3) is 0 Å². The van der Waals surface area contributed by atoms with Crippen molar-refractivity contribution in [3.8, 4) is 5.75 Å². The lowest BCUT2D eigenvalue weighted by atomic mass is 10.2. The highest BCUT2D eigenvalue weighted by Crippen LogP contribution is 2.14. The molecule has 1 aromatic rings. The van der Waals surface area contributed by atoms with Crippen LogP contribution in [0.15, 0.2) is 24.3 Å². The topological polar surface area (TPSA) is 58.6 Å². The van der Waals surface area contributed by atoms with E-state index in [9.17, 15) is 4.79 Å². The average molecular weight is 251 g/mol. The quantitative estimate of drug-likeness (QED) is 0.811. The van der Waals surface area contributed by atoms with Gasteiger partial charge in [0.1, 0.15) is 5.75 Å². The van der Waals surface area contributed by atoms with Gasteiger partial charge in [0, 0.05) is 6.04 Å². The third-order valence-electron chi connectivity index (χ3n) is 2.79. The molecule has 2 atom stereocenters. The van der Waals surface area contributed by atoms with E-state index >= 15 is 0 Å². The summed E-state index contributed by atoms with van der Waals surface area (Å²) in [6.07, 6.45) is 0.364. The Kier molecular flexibility index (Phi) is 5.65. The molecule has 2 unspecified atom stereocenters. The van der Waals surface area contributed by atoms with Crippen LogP contribution in [0.2, 0.25) is 0 Å². The van der Waals surface area contributed by atoms with Crippen LogP contribution < -0.4 is 10.1 Å². The van der Waals surface area contributed by atoms with Gasteiger partial charge in [0.05, 0.1) is 6.61 Å². The maximum absolute atomic E-state index is 11.8. The van der Waals surface area contributed by atoms with Gasteiger partial charge in [0.2, 0.25) is 0 Å². The van der Waals surface area contributed by atoms with Gasteiger partial charge < -0.3 is 15.2 Å². The molecule has 0 aliphatic heterocycles. The van der Waals surface area contributed by atoms with Crippen molar-refractivity contribution in [1.82, 2.24) is 5.32 Å². The van der Waals surface area contributed by atoms with E-state index in [1.807, 2.05) is 13.8 Å². The van der Waals surface area contributed by atoms with Crippen molar-refractivity contribution in [2.75, 3.05) is 0 Å². The first-order valence-electron chi connectivity index (χ1n) is 6.23. The summed E-state index contributed by atoms with van der Waals surface area (Å²) in [5.74, 6) is 0.509. The van der Waals surface area contributed by atoms with Gasteiger partial charge in [-0.15, -0.1) is 0 Å². The molecule has 0 heterocycles. The number of carbonyl (C=O) groups excluding carboxylic acids is 1. The first-order valence-corrected chi connectivity index (χ1v) is 6.23. The summed E-state index contributed by atoms with van der Waals surface area (Å²) in [6.45, 7) is 5.70. The minimum Gasteiger partial charge on any atom is -0.481 e. The Bertz CT molecular complexity index is 375. The van der Waals surface area contributed by atoms with Crippen molar-refractivity contribution in [2.24, 2.45) is 0 Å². The second kappa shape index (κ2) is 7.01. The highest BCUT2D eigenvalue weighted by Gasteiger charge is 2.15. The third kappa shape index (κ3) is 4.37. The smallest absolute Gasteiger partial charge is 0.260 e. The molecule has 18 heavy (non-hydrogen) atoms. The lowest BCUT2D eigenvalue weighted by Crippen LogP contribution is -2.40. The fraction of sp³-hybridized carbons (Fsp3) is 0.500. The molecule has 1 aromatic carbocycles. The Morgan fingerprint density at radius 1 is 1.33 bits per heavy atom. The highest BCUT2D eigenvalue weighted by atomic mass is 16.5. The molecule has 0 aliphatic rings. The van der Waals surface area contributed by atoms with E-state index in [2.05, 4.69) is 5.32 Å². The van der Waals surface area contributed by atoms with Gasteiger partial charge in [-0.1, -0.05) is 19.1 Å². The van der Waals surface area contributed by atoms with Crippen molar-refractivity contribution in [1.29, 1.82) is 0 Å². The predicted octanol–water partition coefficient (Wildman–Crippen LogP) is 1.86. The Balaban J connectivity index is 2.52. The van der Waals surface area contributed by atoms with Crippen molar-refractivity contribution in [3.05, 3.63) is 29.8 Å². The minimum atomic E-state index is -0.529. The number of hydrogen-bond donors (Lipinski definition) is 2. The van der Waals surface area contributed by atoms with E-state index in [-0.39, 0.29) is 18.6 Å². The lowest BCUT2D eigenvalue weighted by molar-refractivity contribution is -0.127. The molecule has 0 aliphatic carbocycles. The van der Waals surface area contributed by atoms with Gasteiger partial charge in [-0.25, -0.2) is 0 Å². The van der Waals surface area contributed by atoms with Crippen LogP contribution >= 0.6 is 0 Å². The molecular formula is C14H21NO3. The van der Waals surface area contributed by atoms with Gasteiger partial charge in [-0.3, -0.25) is 4.79 Å². The second-order valence-electron chi connectivity index (χ2n) is 4.38. The van der Waals surface area contributed by atoms with Gasteiger partial charge >= 0.3 is 0 Å². The maximum Gasteiger partial charge on any atom is 0.260 e. The van der Waals surface area contributed by atoms with Crippen LogP contribution in [0.4, 0.5) is 0 Å². The zero-order valence-electron chi connectivity index (χ0n) is 11.1. The van der Waals surface area contributed by atoms with E-state index in [1.165, 1.54) is 0 Å². The van der Waals surface area contributed by atoms with Crippen molar-refractivity contribution < 1.29 is 14.6 Å². The van der Waals surface area contributed by atoms with Gasteiger partial charge in [-0.2, -0.15) is 0 Å². The molecule has 1 amide bonds.